The van der Waals surface area contributed by atoms with Crippen LogP contribution in [0, 0.1) is 0 Å². The number of hydrogen-bond donors (Lipinski definition) is 1. The van der Waals surface area contributed by atoms with E-state index in [0.29, 0.717) is 0 Å². The molecule has 0 aliphatic heterocycles. The fraction of sp³-hybridized carbons (Fsp3) is 0.647. The van der Waals surface area contributed by atoms with Crippen LogP contribution >= 0.6 is 0 Å². The topological polar surface area (TPSA) is 26.0 Å². The molecule has 1 aromatic rings. The minimum absolute atomic E-state index is 0.151. The summed E-state index contributed by atoms with van der Waals surface area (Å²) in [7, 11) is 0. The molecule has 0 spiro atoms. The van der Waals surface area contributed by atoms with Crippen LogP contribution in [0.25, 0.3) is 0 Å². The molecule has 0 bridgehead atoms. The Labute approximate surface area is 113 Å². The molecule has 102 valence electrons. The first kappa shape index (κ1) is 15.2. The Hall–Kier alpha value is -0.820. The monoisotopic (exact) mass is 247 g/mol. The normalized spacial score (nSPS) is 11.9. The average molecular weight is 247 g/mol. The van der Waals surface area contributed by atoms with Crippen molar-refractivity contribution in [3.63, 3.8) is 0 Å². The van der Waals surface area contributed by atoms with Gasteiger partial charge in [-0.15, -0.1) is 0 Å². The molecule has 0 aromatic heterocycles. The van der Waals surface area contributed by atoms with Crippen LogP contribution < -0.4 is 5.73 Å². The van der Waals surface area contributed by atoms with Crippen molar-refractivity contribution in [3.8, 4) is 0 Å². The Morgan fingerprint density at radius 3 is 1.78 bits per heavy atom. The van der Waals surface area contributed by atoms with E-state index in [4.69, 9.17) is 5.73 Å². The predicted octanol–water partition coefficient (Wildman–Crippen LogP) is 4.35. The molecular weight excluding hydrogens is 218 g/mol. The Morgan fingerprint density at radius 2 is 1.39 bits per heavy atom. The summed E-state index contributed by atoms with van der Waals surface area (Å²) < 4.78 is 0. The van der Waals surface area contributed by atoms with Crippen LogP contribution in [-0.4, -0.2) is 0 Å². The van der Waals surface area contributed by atoms with E-state index < -0.39 is 0 Å². The minimum atomic E-state index is -0.151. The molecule has 0 aliphatic carbocycles. The maximum absolute atomic E-state index is 6.61. The summed E-state index contributed by atoms with van der Waals surface area (Å²) in [4.78, 5) is 0. The molecule has 1 nitrogen and oxygen atoms in total. The lowest BCUT2D eigenvalue weighted by atomic mass is 9.79. The van der Waals surface area contributed by atoms with E-state index in [1.165, 1.54) is 22.3 Å². The summed E-state index contributed by atoms with van der Waals surface area (Å²) in [5, 5.41) is 0. The van der Waals surface area contributed by atoms with Gasteiger partial charge in [-0.05, 0) is 54.4 Å². The SMILES string of the molecule is CCc1ccc(C(N)(CC)CC)c(CC)c1CC. The minimum Gasteiger partial charge on any atom is -0.321 e. The highest BCUT2D eigenvalue weighted by Crippen LogP contribution is 2.32. The predicted molar refractivity (Wildman–Crippen MR) is 81.0 cm³/mol. The number of aryl methyl sites for hydroxylation is 1. The van der Waals surface area contributed by atoms with Gasteiger partial charge in [-0.1, -0.05) is 46.8 Å². The van der Waals surface area contributed by atoms with Gasteiger partial charge in [-0.3, -0.25) is 0 Å². The molecule has 0 saturated heterocycles. The first-order valence-electron chi connectivity index (χ1n) is 7.50. The lowest BCUT2D eigenvalue weighted by Gasteiger charge is -2.31. The van der Waals surface area contributed by atoms with Gasteiger partial charge in [0.25, 0.3) is 0 Å². The van der Waals surface area contributed by atoms with Gasteiger partial charge in [0, 0.05) is 5.54 Å². The second-order valence-corrected chi connectivity index (χ2v) is 5.15. The Balaban J connectivity index is 3.46. The molecule has 1 heteroatoms. The van der Waals surface area contributed by atoms with Crippen LogP contribution in [0.3, 0.4) is 0 Å². The molecule has 2 N–H and O–H groups in total. The van der Waals surface area contributed by atoms with Gasteiger partial charge in [0.05, 0.1) is 0 Å². The lowest BCUT2D eigenvalue weighted by molar-refractivity contribution is 0.409. The van der Waals surface area contributed by atoms with E-state index in [1.807, 2.05) is 0 Å². The van der Waals surface area contributed by atoms with E-state index in [0.717, 1.165) is 32.1 Å². The second-order valence-electron chi connectivity index (χ2n) is 5.15. The van der Waals surface area contributed by atoms with Gasteiger partial charge in [-0.25, -0.2) is 0 Å². The van der Waals surface area contributed by atoms with E-state index in [-0.39, 0.29) is 5.54 Å². The summed E-state index contributed by atoms with van der Waals surface area (Å²) in [6.07, 6.45) is 5.33. The first-order valence-corrected chi connectivity index (χ1v) is 7.50. The maximum Gasteiger partial charge on any atom is 0.0407 e. The molecular formula is C17H29N. The van der Waals surface area contributed by atoms with Gasteiger partial charge in [-0.2, -0.15) is 0 Å². The standard InChI is InChI=1S/C17H29N/c1-6-13-11-12-16(17(18,9-4)10-5)15(8-3)14(13)7-2/h11-12H,6-10,18H2,1-5H3. The van der Waals surface area contributed by atoms with E-state index in [9.17, 15) is 0 Å². The summed E-state index contributed by atoms with van der Waals surface area (Å²) in [6, 6.07) is 4.57. The smallest absolute Gasteiger partial charge is 0.0407 e. The van der Waals surface area contributed by atoms with E-state index in [2.05, 4.69) is 46.8 Å². The van der Waals surface area contributed by atoms with Crippen LogP contribution in [0.2, 0.25) is 0 Å². The fourth-order valence-electron chi connectivity index (χ4n) is 3.01. The molecule has 0 radical (unpaired) electrons. The number of hydrogen-bond acceptors (Lipinski definition) is 1. The van der Waals surface area contributed by atoms with Gasteiger partial charge in [0.1, 0.15) is 0 Å². The molecule has 1 aromatic carbocycles. The van der Waals surface area contributed by atoms with Crippen LogP contribution in [0.5, 0.6) is 0 Å². The van der Waals surface area contributed by atoms with E-state index >= 15 is 0 Å². The largest absolute Gasteiger partial charge is 0.321 e. The van der Waals surface area contributed by atoms with Crippen LogP contribution in [-0.2, 0) is 24.8 Å². The van der Waals surface area contributed by atoms with Crippen molar-refractivity contribution in [2.45, 2.75) is 72.3 Å². The molecule has 0 atom stereocenters. The molecule has 0 heterocycles. The van der Waals surface area contributed by atoms with Crippen molar-refractivity contribution in [3.05, 3.63) is 34.4 Å². The van der Waals surface area contributed by atoms with Gasteiger partial charge in [0.15, 0.2) is 0 Å². The molecule has 0 saturated carbocycles. The van der Waals surface area contributed by atoms with Crippen LogP contribution in [0.15, 0.2) is 12.1 Å². The number of benzene rings is 1. The fourth-order valence-corrected chi connectivity index (χ4v) is 3.01. The molecule has 0 amide bonds. The highest BCUT2D eigenvalue weighted by atomic mass is 14.7. The van der Waals surface area contributed by atoms with Crippen molar-refractivity contribution in [2.75, 3.05) is 0 Å². The average Bonchev–Trinajstić information content (AvgIpc) is 2.44. The van der Waals surface area contributed by atoms with Crippen molar-refractivity contribution >= 4 is 0 Å². The van der Waals surface area contributed by atoms with Gasteiger partial charge in [0.2, 0.25) is 0 Å². The third-order valence-corrected chi connectivity index (χ3v) is 4.41. The quantitative estimate of drug-likeness (QED) is 0.794. The van der Waals surface area contributed by atoms with Crippen LogP contribution in [0.4, 0.5) is 0 Å². The number of rotatable bonds is 6. The zero-order valence-electron chi connectivity index (χ0n) is 12.8. The third-order valence-electron chi connectivity index (χ3n) is 4.41. The summed E-state index contributed by atoms with van der Waals surface area (Å²) in [5.41, 5.74) is 12.4. The first-order chi connectivity index (χ1) is 8.57. The molecule has 18 heavy (non-hydrogen) atoms. The summed E-state index contributed by atoms with van der Waals surface area (Å²) >= 11 is 0. The molecule has 0 aliphatic rings. The van der Waals surface area contributed by atoms with Gasteiger partial charge < -0.3 is 5.73 Å². The Bertz CT molecular complexity index is 389. The maximum atomic E-state index is 6.61. The zero-order chi connectivity index (χ0) is 13.8. The lowest BCUT2D eigenvalue weighted by Crippen LogP contribution is -2.36. The highest BCUT2D eigenvalue weighted by molar-refractivity contribution is 5.44. The van der Waals surface area contributed by atoms with Gasteiger partial charge >= 0.3 is 0 Å². The summed E-state index contributed by atoms with van der Waals surface area (Å²) in [6.45, 7) is 11.1. The van der Waals surface area contributed by atoms with Crippen molar-refractivity contribution in [2.24, 2.45) is 5.73 Å². The van der Waals surface area contributed by atoms with Crippen molar-refractivity contribution in [1.82, 2.24) is 0 Å². The summed E-state index contributed by atoms with van der Waals surface area (Å²) in [5.74, 6) is 0. The Kier molecular flexibility index (Phi) is 5.40. The zero-order valence-corrected chi connectivity index (χ0v) is 12.8. The molecule has 0 fully saturated rings. The van der Waals surface area contributed by atoms with Crippen molar-refractivity contribution in [1.29, 1.82) is 0 Å². The number of nitrogens with two attached hydrogens (primary N) is 1. The molecule has 1 rings (SSSR count). The Morgan fingerprint density at radius 1 is 0.833 bits per heavy atom. The third kappa shape index (κ3) is 2.61. The van der Waals surface area contributed by atoms with E-state index in [1.54, 1.807) is 0 Å². The highest BCUT2D eigenvalue weighted by Gasteiger charge is 2.26. The van der Waals surface area contributed by atoms with Crippen molar-refractivity contribution < 1.29 is 0 Å². The molecule has 0 unspecified atom stereocenters. The van der Waals surface area contributed by atoms with Crippen LogP contribution in [0.1, 0.15) is 69.7 Å². The second kappa shape index (κ2) is 6.38.